The van der Waals surface area contributed by atoms with E-state index >= 15 is 0 Å². The first-order chi connectivity index (χ1) is 13.2. The Bertz CT molecular complexity index is 906. The highest BCUT2D eigenvalue weighted by Gasteiger charge is 2.52. The Kier molecular flexibility index (Phi) is 5.41. The standard InChI is InChI=1S/C24H26O4/c1-23(2,3)28-22(26)24(14-8-11-17-9-6-5-7-10-17)16-18-15-19(27-4)12-13-20(18)21(24)25/h5-13,15H,14,16H2,1-4H3/b11-8+/t24-/m0/s1. The molecule has 0 spiro atoms. The molecule has 4 nitrogen and oxygen atoms in total. The van der Waals surface area contributed by atoms with Crippen molar-refractivity contribution in [3.63, 3.8) is 0 Å². The lowest BCUT2D eigenvalue weighted by molar-refractivity contribution is -0.164. The Balaban J connectivity index is 1.95. The Morgan fingerprint density at radius 3 is 2.50 bits per heavy atom. The average molecular weight is 378 g/mol. The molecule has 1 atom stereocenters. The van der Waals surface area contributed by atoms with E-state index < -0.39 is 17.0 Å². The number of rotatable bonds is 5. The zero-order chi connectivity index (χ0) is 20.4. The first-order valence-electron chi connectivity index (χ1n) is 9.42. The molecule has 0 aliphatic heterocycles. The van der Waals surface area contributed by atoms with Crippen LogP contribution in [0.2, 0.25) is 0 Å². The SMILES string of the molecule is COc1ccc2c(c1)C[C@](C/C=C/c1ccccc1)(C(=O)OC(C)(C)C)C2=O. The van der Waals surface area contributed by atoms with Gasteiger partial charge in [-0.25, -0.2) is 0 Å². The molecule has 0 saturated carbocycles. The van der Waals surface area contributed by atoms with Crippen molar-refractivity contribution in [3.05, 3.63) is 71.3 Å². The van der Waals surface area contributed by atoms with Crippen molar-refractivity contribution in [1.82, 2.24) is 0 Å². The molecule has 3 rings (SSSR count). The summed E-state index contributed by atoms with van der Waals surface area (Å²) in [6, 6.07) is 15.1. The molecule has 0 heterocycles. The fourth-order valence-corrected chi connectivity index (χ4v) is 3.48. The molecule has 0 amide bonds. The fourth-order valence-electron chi connectivity index (χ4n) is 3.48. The topological polar surface area (TPSA) is 52.6 Å². The first-order valence-corrected chi connectivity index (χ1v) is 9.42. The molecule has 1 aliphatic carbocycles. The zero-order valence-corrected chi connectivity index (χ0v) is 16.8. The molecule has 2 aromatic rings. The number of hydrogen-bond donors (Lipinski definition) is 0. The Morgan fingerprint density at radius 1 is 1.14 bits per heavy atom. The van der Waals surface area contributed by atoms with Gasteiger partial charge < -0.3 is 9.47 Å². The van der Waals surface area contributed by atoms with Crippen LogP contribution in [0.1, 0.15) is 48.7 Å². The summed E-state index contributed by atoms with van der Waals surface area (Å²) < 4.78 is 10.9. The van der Waals surface area contributed by atoms with E-state index in [0.717, 1.165) is 11.1 Å². The molecule has 146 valence electrons. The summed E-state index contributed by atoms with van der Waals surface area (Å²) in [4.78, 5) is 26.5. The van der Waals surface area contributed by atoms with E-state index in [2.05, 4.69) is 0 Å². The van der Waals surface area contributed by atoms with Crippen LogP contribution in [0.15, 0.2) is 54.6 Å². The summed E-state index contributed by atoms with van der Waals surface area (Å²) in [6.45, 7) is 5.44. The number of carbonyl (C=O) groups is 2. The van der Waals surface area contributed by atoms with Gasteiger partial charge in [-0.3, -0.25) is 9.59 Å². The van der Waals surface area contributed by atoms with Crippen LogP contribution in [0.3, 0.4) is 0 Å². The van der Waals surface area contributed by atoms with Gasteiger partial charge in [0.15, 0.2) is 5.78 Å². The van der Waals surface area contributed by atoms with Crippen molar-refractivity contribution in [3.8, 4) is 5.75 Å². The van der Waals surface area contributed by atoms with Gasteiger partial charge >= 0.3 is 5.97 Å². The number of carbonyl (C=O) groups excluding carboxylic acids is 2. The third kappa shape index (κ3) is 4.01. The lowest BCUT2D eigenvalue weighted by Gasteiger charge is -2.29. The minimum Gasteiger partial charge on any atom is -0.497 e. The number of ether oxygens (including phenoxy) is 2. The Labute approximate surface area is 166 Å². The third-order valence-electron chi connectivity index (χ3n) is 4.85. The molecule has 0 unspecified atom stereocenters. The predicted molar refractivity (Wildman–Crippen MR) is 109 cm³/mol. The minimum absolute atomic E-state index is 0.183. The number of methoxy groups -OCH3 is 1. The van der Waals surface area contributed by atoms with Crippen molar-refractivity contribution in [2.75, 3.05) is 7.11 Å². The van der Waals surface area contributed by atoms with Crippen molar-refractivity contribution in [2.24, 2.45) is 5.41 Å². The Morgan fingerprint density at radius 2 is 1.86 bits per heavy atom. The normalized spacial score (nSPS) is 18.9. The Hall–Kier alpha value is -2.88. The second-order valence-electron chi connectivity index (χ2n) is 8.13. The molecule has 2 aromatic carbocycles. The van der Waals surface area contributed by atoms with Crippen LogP contribution in [-0.2, 0) is 16.0 Å². The molecule has 0 bridgehead atoms. The van der Waals surface area contributed by atoms with E-state index in [4.69, 9.17) is 9.47 Å². The maximum absolute atomic E-state index is 13.3. The molecule has 4 heteroatoms. The molecule has 28 heavy (non-hydrogen) atoms. The van der Waals surface area contributed by atoms with E-state index in [1.165, 1.54) is 0 Å². The van der Waals surface area contributed by atoms with Gasteiger partial charge in [-0.15, -0.1) is 0 Å². The molecular formula is C24H26O4. The maximum Gasteiger partial charge on any atom is 0.321 e. The monoisotopic (exact) mass is 378 g/mol. The second kappa shape index (κ2) is 7.63. The van der Waals surface area contributed by atoms with Gasteiger partial charge in [0.2, 0.25) is 0 Å². The quantitative estimate of drug-likeness (QED) is 0.550. The van der Waals surface area contributed by atoms with Crippen LogP contribution in [0.25, 0.3) is 6.08 Å². The second-order valence-corrected chi connectivity index (χ2v) is 8.13. The summed E-state index contributed by atoms with van der Waals surface area (Å²) >= 11 is 0. The lowest BCUT2D eigenvalue weighted by Crippen LogP contribution is -2.42. The van der Waals surface area contributed by atoms with E-state index in [1.807, 2.05) is 69.3 Å². The summed E-state index contributed by atoms with van der Waals surface area (Å²) in [6.07, 6.45) is 4.42. The summed E-state index contributed by atoms with van der Waals surface area (Å²) in [5.74, 6) is 0.0151. The van der Waals surface area contributed by atoms with Gasteiger partial charge in [-0.1, -0.05) is 42.5 Å². The van der Waals surface area contributed by atoms with Crippen molar-refractivity contribution in [1.29, 1.82) is 0 Å². The highest BCUT2D eigenvalue weighted by atomic mass is 16.6. The molecule has 1 aliphatic rings. The maximum atomic E-state index is 13.3. The number of esters is 1. The molecule has 0 aromatic heterocycles. The van der Waals surface area contributed by atoms with Gasteiger partial charge in [0.1, 0.15) is 16.8 Å². The zero-order valence-electron chi connectivity index (χ0n) is 16.8. The molecule has 0 saturated heterocycles. The van der Waals surface area contributed by atoms with E-state index in [1.54, 1.807) is 19.2 Å². The minimum atomic E-state index is -1.24. The van der Waals surface area contributed by atoms with Crippen molar-refractivity contribution in [2.45, 2.75) is 39.2 Å². The number of benzene rings is 2. The van der Waals surface area contributed by atoms with Crippen LogP contribution < -0.4 is 4.74 Å². The lowest BCUT2D eigenvalue weighted by atomic mass is 9.80. The number of hydrogen-bond acceptors (Lipinski definition) is 4. The van der Waals surface area contributed by atoms with Crippen LogP contribution in [0.5, 0.6) is 5.75 Å². The van der Waals surface area contributed by atoms with E-state index in [0.29, 0.717) is 17.7 Å². The molecule has 0 radical (unpaired) electrons. The third-order valence-corrected chi connectivity index (χ3v) is 4.85. The summed E-state index contributed by atoms with van der Waals surface area (Å²) in [7, 11) is 1.59. The molecule has 0 fully saturated rings. The molecular weight excluding hydrogens is 352 g/mol. The molecule has 0 N–H and O–H groups in total. The highest BCUT2D eigenvalue weighted by molar-refractivity contribution is 6.16. The van der Waals surface area contributed by atoms with Gasteiger partial charge in [0.25, 0.3) is 0 Å². The number of fused-ring (bicyclic) bond motifs is 1. The van der Waals surface area contributed by atoms with Gasteiger partial charge in [-0.2, -0.15) is 0 Å². The summed E-state index contributed by atoms with van der Waals surface area (Å²) in [5.41, 5.74) is 0.502. The van der Waals surface area contributed by atoms with Crippen molar-refractivity contribution < 1.29 is 19.1 Å². The number of ketones is 1. The summed E-state index contributed by atoms with van der Waals surface area (Å²) in [5, 5.41) is 0. The largest absolute Gasteiger partial charge is 0.497 e. The highest BCUT2D eigenvalue weighted by Crippen LogP contribution is 2.43. The van der Waals surface area contributed by atoms with Gasteiger partial charge in [0, 0.05) is 5.56 Å². The van der Waals surface area contributed by atoms with Gasteiger partial charge in [0.05, 0.1) is 7.11 Å². The van der Waals surface area contributed by atoms with Crippen LogP contribution in [-0.4, -0.2) is 24.5 Å². The smallest absolute Gasteiger partial charge is 0.321 e. The van der Waals surface area contributed by atoms with Crippen molar-refractivity contribution >= 4 is 17.8 Å². The van der Waals surface area contributed by atoms with E-state index in [-0.39, 0.29) is 12.2 Å². The van der Waals surface area contributed by atoms with Crippen LogP contribution >= 0.6 is 0 Å². The van der Waals surface area contributed by atoms with Crippen LogP contribution in [0, 0.1) is 5.41 Å². The number of Topliss-reactive ketones (excluding diaryl/α,β-unsaturated/α-hetero) is 1. The predicted octanol–water partition coefficient (Wildman–Crippen LogP) is 4.87. The first kappa shape index (κ1) is 19.9. The van der Waals surface area contributed by atoms with Gasteiger partial charge in [-0.05, 0) is 62.9 Å². The fraction of sp³-hybridized carbons (Fsp3) is 0.333. The van der Waals surface area contributed by atoms with E-state index in [9.17, 15) is 9.59 Å². The average Bonchev–Trinajstić information content (AvgIpc) is 2.94. The number of allylic oxidation sites excluding steroid dienone is 1. The van der Waals surface area contributed by atoms with Crippen LogP contribution in [0.4, 0.5) is 0 Å².